The molecule has 2 aliphatic rings. The molecule has 1 aromatic rings. The number of fused-ring (bicyclic) bond motifs is 1. The Morgan fingerprint density at radius 3 is 2.86 bits per heavy atom. The van der Waals surface area contributed by atoms with Crippen molar-refractivity contribution in [2.45, 2.75) is 45.1 Å². The van der Waals surface area contributed by atoms with Gasteiger partial charge in [-0.2, -0.15) is 0 Å². The third-order valence-electron chi connectivity index (χ3n) is 4.37. The number of hydrogen-bond acceptors (Lipinski definition) is 3. The van der Waals surface area contributed by atoms with E-state index in [4.69, 9.17) is 9.47 Å². The van der Waals surface area contributed by atoms with Gasteiger partial charge in [0.1, 0.15) is 13.2 Å². The number of nitrogens with one attached hydrogen (secondary N) is 1. The molecule has 4 nitrogen and oxygen atoms in total. The van der Waals surface area contributed by atoms with Crippen LogP contribution in [0.5, 0.6) is 11.5 Å². The van der Waals surface area contributed by atoms with Crippen LogP contribution >= 0.6 is 0 Å². The third kappa shape index (κ3) is 3.14. The van der Waals surface area contributed by atoms with Gasteiger partial charge < -0.3 is 14.8 Å². The van der Waals surface area contributed by atoms with E-state index >= 15 is 0 Å². The maximum Gasteiger partial charge on any atom is 0.227 e. The smallest absolute Gasteiger partial charge is 0.227 e. The first-order valence-corrected chi connectivity index (χ1v) is 7.89. The van der Waals surface area contributed by atoms with Crippen LogP contribution in [0.25, 0.3) is 0 Å². The van der Waals surface area contributed by atoms with Crippen LogP contribution in [-0.2, 0) is 4.79 Å². The predicted molar refractivity (Wildman–Crippen MR) is 80.8 cm³/mol. The van der Waals surface area contributed by atoms with Gasteiger partial charge in [0, 0.05) is 6.04 Å². The zero-order valence-corrected chi connectivity index (χ0v) is 12.7. The van der Waals surface area contributed by atoms with Gasteiger partial charge in [-0.15, -0.1) is 0 Å². The van der Waals surface area contributed by atoms with E-state index in [1.54, 1.807) is 0 Å². The topological polar surface area (TPSA) is 47.6 Å². The highest BCUT2D eigenvalue weighted by Gasteiger charge is 2.38. The van der Waals surface area contributed by atoms with Crippen LogP contribution in [0.2, 0.25) is 0 Å². The number of carbonyl (C=O) groups excluding carboxylic acids is 1. The zero-order valence-electron chi connectivity index (χ0n) is 12.7. The van der Waals surface area contributed by atoms with Crippen LogP contribution in [0.4, 0.5) is 0 Å². The van der Waals surface area contributed by atoms with Gasteiger partial charge in [0.25, 0.3) is 0 Å². The fourth-order valence-electron chi connectivity index (χ4n) is 2.90. The van der Waals surface area contributed by atoms with Gasteiger partial charge in [-0.25, -0.2) is 0 Å². The van der Waals surface area contributed by atoms with Gasteiger partial charge in [-0.1, -0.05) is 19.4 Å². The summed E-state index contributed by atoms with van der Waals surface area (Å²) in [5, 5.41) is 3.16. The Balaban J connectivity index is 1.62. The van der Waals surface area contributed by atoms with Crippen LogP contribution in [0, 0.1) is 5.92 Å². The Kier molecular flexibility index (Phi) is 4.04. The number of amides is 1. The second-order valence-electron chi connectivity index (χ2n) is 6.02. The molecule has 4 heteroatoms. The van der Waals surface area contributed by atoms with Gasteiger partial charge in [-0.05, 0) is 43.4 Å². The molecule has 0 bridgehead atoms. The van der Waals surface area contributed by atoms with Crippen molar-refractivity contribution in [3.63, 3.8) is 0 Å². The molecule has 21 heavy (non-hydrogen) atoms. The van der Waals surface area contributed by atoms with Crippen molar-refractivity contribution in [3.8, 4) is 11.5 Å². The van der Waals surface area contributed by atoms with Crippen molar-refractivity contribution in [2.75, 3.05) is 13.2 Å². The lowest BCUT2D eigenvalue weighted by Crippen LogP contribution is -2.31. The third-order valence-corrected chi connectivity index (χ3v) is 4.37. The fourth-order valence-corrected chi connectivity index (χ4v) is 2.90. The molecule has 1 aliphatic heterocycles. The normalized spacial score (nSPS) is 24.3. The first-order valence-electron chi connectivity index (χ1n) is 7.89. The summed E-state index contributed by atoms with van der Waals surface area (Å²) < 4.78 is 11.1. The largest absolute Gasteiger partial charge is 0.486 e. The highest BCUT2D eigenvalue weighted by atomic mass is 16.6. The molecule has 1 N–H and O–H groups in total. The molecular formula is C17H23NO3. The average molecular weight is 289 g/mol. The molecule has 0 aromatic heterocycles. The molecule has 0 spiro atoms. The van der Waals surface area contributed by atoms with E-state index in [9.17, 15) is 4.79 Å². The molecule has 1 aromatic carbocycles. The SMILES string of the molecule is CCC[C@@H]1C[C@H]1NC(=O)[C@H](C)c1ccc2c(c1)OCCO2. The Hall–Kier alpha value is -1.71. The summed E-state index contributed by atoms with van der Waals surface area (Å²) in [6, 6.07) is 6.16. The van der Waals surface area contributed by atoms with Crippen LogP contribution < -0.4 is 14.8 Å². The molecule has 1 amide bonds. The summed E-state index contributed by atoms with van der Waals surface area (Å²) >= 11 is 0. The Morgan fingerprint density at radius 1 is 1.33 bits per heavy atom. The minimum atomic E-state index is -0.163. The molecular weight excluding hydrogens is 266 g/mol. The molecule has 1 aliphatic carbocycles. The fraction of sp³-hybridized carbons (Fsp3) is 0.588. The van der Waals surface area contributed by atoms with Crippen molar-refractivity contribution in [1.82, 2.24) is 5.32 Å². The molecule has 1 saturated carbocycles. The summed E-state index contributed by atoms with van der Waals surface area (Å²) in [7, 11) is 0. The minimum absolute atomic E-state index is 0.107. The molecule has 0 unspecified atom stereocenters. The van der Waals surface area contributed by atoms with Crippen LogP contribution in [0.1, 0.15) is 44.6 Å². The first-order chi connectivity index (χ1) is 10.2. The monoisotopic (exact) mass is 289 g/mol. The molecule has 3 rings (SSSR count). The quantitative estimate of drug-likeness (QED) is 0.906. The second-order valence-corrected chi connectivity index (χ2v) is 6.02. The Labute approximate surface area is 125 Å². The van der Waals surface area contributed by atoms with Crippen molar-refractivity contribution in [3.05, 3.63) is 23.8 Å². The lowest BCUT2D eigenvalue weighted by molar-refractivity contribution is -0.122. The number of benzene rings is 1. The van der Waals surface area contributed by atoms with Crippen molar-refractivity contribution < 1.29 is 14.3 Å². The molecule has 114 valence electrons. The highest BCUT2D eigenvalue weighted by molar-refractivity contribution is 5.84. The number of hydrogen-bond donors (Lipinski definition) is 1. The van der Waals surface area contributed by atoms with E-state index in [0.29, 0.717) is 25.2 Å². The highest BCUT2D eigenvalue weighted by Crippen LogP contribution is 2.36. The van der Waals surface area contributed by atoms with E-state index in [1.807, 2.05) is 25.1 Å². The predicted octanol–water partition coefficient (Wildman–Crippen LogP) is 2.87. The molecule has 0 radical (unpaired) electrons. The van der Waals surface area contributed by atoms with Gasteiger partial charge in [0.15, 0.2) is 11.5 Å². The maximum atomic E-state index is 12.3. The van der Waals surface area contributed by atoms with Crippen LogP contribution in [-0.4, -0.2) is 25.2 Å². The lowest BCUT2D eigenvalue weighted by Gasteiger charge is -2.20. The van der Waals surface area contributed by atoms with Crippen molar-refractivity contribution in [1.29, 1.82) is 0 Å². The number of carbonyl (C=O) groups is 1. The first kappa shape index (κ1) is 14.2. The molecule has 1 fully saturated rings. The standard InChI is InChI=1S/C17H23NO3/c1-3-4-13-9-14(13)18-17(19)11(2)12-5-6-15-16(10-12)21-8-7-20-15/h5-6,10-11,13-14H,3-4,7-9H2,1-2H3,(H,18,19)/t11-,13-,14-/m1/s1. The second kappa shape index (κ2) is 5.96. The van der Waals surface area contributed by atoms with Gasteiger partial charge in [-0.3, -0.25) is 4.79 Å². The summed E-state index contributed by atoms with van der Waals surface area (Å²) in [6.45, 7) is 5.29. The summed E-state index contributed by atoms with van der Waals surface area (Å²) in [5.74, 6) is 2.14. The molecule has 1 heterocycles. The van der Waals surface area contributed by atoms with Crippen molar-refractivity contribution >= 4 is 5.91 Å². The summed E-state index contributed by atoms with van der Waals surface area (Å²) in [5.41, 5.74) is 0.976. The van der Waals surface area contributed by atoms with E-state index < -0.39 is 0 Å². The molecule has 3 atom stereocenters. The van der Waals surface area contributed by atoms with E-state index in [-0.39, 0.29) is 11.8 Å². The number of rotatable bonds is 5. The van der Waals surface area contributed by atoms with Gasteiger partial charge in [0.2, 0.25) is 5.91 Å². The molecule has 0 saturated heterocycles. The maximum absolute atomic E-state index is 12.3. The lowest BCUT2D eigenvalue weighted by atomic mass is 9.99. The van der Waals surface area contributed by atoms with E-state index in [2.05, 4.69) is 12.2 Å². The number of ether oxygens (including phenoxy) is 2. The van der Waals surface area contributed by atoms with Crippen molar-refractivity contribution in [2.24, 2.45) is 5.92 Å². The van der Waals surface area contributed by atoms with Gasteiger partial charge >= 0.3 is 0 Å². The average Bonchev–Trinajstić information content (AvgIpc) is 3.24. The summed E-state index contributed by atoms with van der Waals surface area (Å²) in [4.78, 5) is 12.3. The van der Waals surface area contributed by atoms with E-state index in [1.165, 1.54) is 12.8 Å². The van der Waals surface area contributed by atoms with Gasteiger partial charge in [0.05, 0.1) is 5.92 Å². The Morgan fingerprint density at radius 2 is 2.10 bits per heavy atom. The van der Waals surface area contributed by atoms with Crippen LogP contribution in [0.3, 0.4) is 0 Å². The summed E-state index contributed by atoms with van der Waals surface area (Å²) in [6.07, 6.45) is 3.53. The van der Waals surface area contributed by atoms with Crippen LogP contribution in [0.15, 0.2) is 18.2 Å². The Bertz CT molecular complexity index is 529. The van der Waals surface area contributed by atoms with E-state index in [0.717, 1.165) is 23.5 Å². The zero-order chi connectivity index (χ0) is 14.8. The minimum Gasteiger partial charge on any atom is -0.486 e.